The van der Waals surface area contributed by atoms with Crippen molar-refractivity contribution < 1.29 is 50.7 Å². The summed E-state index contributed by atoms with van der Waals surface area (Å²) < 4.78 is 77.6. The van der Waals surface area contributed by atoms with Gasteiger partial charge >= 0.3 is 24.3 Å². The van der Waals surface area contributed by atoms with Crippen LogP contribution in [-0.2, 0) is 17.1 Å². The molecular formula is C17H12F6N2O6. The number of nitrogens with two attached hydrogens (primary N) is 1. The molecule has 168 valence electrons. The average molecular weight is 454 g/mol. The number of nitrogen functional groups attached to an aromatic ring is 1. The third-order valence-electron chi connectivity index (χ3n) is 3.54. The molecule has 2 aromatic rings. The number of carbonyl (C=O) groups excluding carboxylic acids is 1. The first-order chi connectivity index (χ1) is 14.1. The second-order valence-electron chi connectivity index (χ2n) is 5.58. The van der Waals surface area contributed by atoms with E-state index < -0.39 is 51.6 Å². The number of esters is 1. The minimum absolute atomic E-state index is 0.0782. The number of aromatic carboxylic acids is 1. The van der Waals surface area contributed by atoms with Crippen LogP contribution in [0.3, 0.4) is 0 Å². The summed E-state index contributed by atoms with van der Waals surface area (Å²) >= 11 is 0. The molecule has 2 rings (SSSR count). The minimum Gasteiger partial charge on any atom is -0.477 e. The molecule has 8 nitrogen and oxygen atoms in total. The Kier molecular flexibility index (Phi) is 7.57. The molecule has 0 saturated carbocycles. The summed E-state index contributed by atoms with van der Waals surface area (Å²) in [6, 6.07) is 3.71. The van der Waals surface area contributed by atoms with Crippen molar-refractivity contribution in [2.45, 2.75) is 12.4 Å². The van der Waals surface area contributed by atoms with E-state index in [1.54, 1.807) is 0 Å². The maximum absolute atomic E-state index is 12.2. The van der Waals surface area contributed by atoms with Crippen molar-refractivity contribution in [3.8, 4) is 0 Å². The first kappa shape index (κ1) is 25.2. The van der Waals surface area contributed by atoms with Crippen LogP contribution in [0.25, 0.3) is 0 Å². The molecule has 0 spiro atoms. The summed E-state index contributed by atoms with van der Waals surface area (Å²) in [5, 5.41) is 18.9. The number of nitro groups is 1. The van der Waals surface area contributed by atoms with Gasteiger partial charge in [-0.15, -0.1) is 0 Å². The van der Waals surface area contributed by atoms with Gasteiger partial charge in [0, 0.05) is 11.8 Å². The van der Waals surface area contributed by atoms with Crippen LogP contribution < -0.4 is 5.73 Å². The molecule has 14 heteroatoms. The van der Waals surface area contributed by atoms with E-state index in [1.165, 1.54) is 0 Å². The summed E-state index contributed by atoms with van der Waals surface area (Å²) in [5.74, 6) is -2.42. The van der Waals surface area contributed by atoms with E-state index in [0.29, 0.717) is 18.2 Å². The first-order valence-corrected chi connectivity index (χ1v) is 7.73. The van der Waals surface area contributed by atoms with Gasteiger partial charge in [0.25, 0.3) is 5.69 Å². The molecule has 0 unspecified atom stereocenters. The monoisotopic (exact) mass is 454 g/mol. The smallest absolute Gasteiger partial charge is 0.416 e. The van der Waals surface area contributed by atoms with Gasteiger partial charge in [-0.05, 0) is 30.3 Å². The fourth-order valence-electron chi connectivity index (χ4n) is 2.07. The minimum atomic E-state index is -4.75. The zero-order valence-corrected chi connectivity index (χ0v) is 15.2. The van der Waals surface area contributed by atoms with Gasteiger partial charge in [0.15, 0.2) is 0 Å². The lowest BCUT2D eigenvalue weighted by molar-refractivity contribution is -0.385. The Balaban J connectivity index is 0.000000311. The van der Waals surface area contributed by atoms with Crippen LogP contribution in [0.1, 0.15) is 31.8 Å². The van der Waals surface area contributed by atoms with Gasteiger partial charge in [-0.3, -0.25) is 10.1 Å². The third kappa shape index (κ3) is 6.58. The summed E-state index contributed by atoms with van der Waals surface area (Å²) in [7, 11) is 1.12. The van der Waals surface area contributed by atoms with Gasteiger partial charge in [-0.1, -0.05) is 0 Å². The lowest BCUT2D eigenvalue weighted by Gasteiger charge is -2.09. The van der Waals surface area contributed by atoms with Crippen molar-refractivity contribution in [2.75, 3.05) is 12.8 Å². The van der Waals surface area contributed by atoms with E-state index in [9.17, 15) is 46.0 Å². The number of anilines is 1. The molecule has 2 aromatic carbocycles. The van der Waals surface area contributed by atoms with E-state index in [2.05, 4.69) is 4.74 Å². The maximum atomic E-state index is 12.2. The Bertz CT molecular complexity index is 1000. The molecule has 0 aliphatic heterocycles. The van der Waals surface area contributed by atoms with E-state index in [4.69, 9.17) is 10.8 Å². The van der Waals surface area contributed by atoms with Crippen LogP contribution in [0.5, 0.6) is 0 Å². The lowest BCUT2D eigenvalue weighted by Crippen LogP contribution is -2.10. The summed E-state index contributed by atoms with van der Waals surface area (Å²) in [4.78, 5) is 30.7. The fourth-order valence-corrected chi connectivity index (χ4v) is 2.07. The molecule has 0 amide bonds. The molecule has 0 fully saturated rings. The number of carboxylic acids is 1. The van der Waals surface area contributed by atoms with Gasteiger partial charge < -0.3 is 15.6 Å². The molecule has 0 bridgehead atoms. The number of hydrogen-bond acceptors (Lipinski definition) is 6. The van der Waals surface area contributed by atoms with Crippen molar-refractivity contribution in [2.24, 2.45) is 0 Å². The maximum Gasteiger partial charge on any atom is 0.416 e. The molecule has 0 atom stereocenters. The highest BCUT2D eigenvalue weighted by molar-refractivity contribution is 5.95. The predicted molar refractivity (Wildman–Crippen MR) is 92.3 cm³/mol. The number of alkyl halides is 6. The number of halogens is 6. The van der Waals surface area contributed by atoms with E-state index in [-0.39, 0.29) is 17.3 Å². The molecule has 0 saturated heterocycles. The number of nitro benzene ring substituents is 1. The number of rotatable bonds is 3. The second-order valence-corrected chi connectivity index (χ2v) is 5.58. The molecule has 0 radical (unpaired) electrons. The number of hydrogen-bond donors (Lipinski definition) is 2. The van der Waals surface area contributed by atoms with Gasteiger partial charge in [0.2, 0.25) is 0 Å². The number of ether oxygens (including phenoxy) is 1. The lowest BCUT2D eigenvalue weighted by atomic mass is 10.1. The van der Waals surface area contributed by atoms with Crippen LogP contribution in [0.4, 0.5) is 37.7 Å². The van der Waals surface area contributed by atoms with Gasteiger partial charge in [0.1, 0.15) is 5.56 Å². The highest BCUT2D eigenvalue weighted by Gasteiger charge is 2.34. The van der Waals surface area contributed by atoms with E-state index in [1.807, 2.05) is 0 Å². The molecule has 0 aliphatic carbocycles. The normalized spacial score (nSPS) is 11.2. The Hall–Kier alpha value is -3.84. The van der Waals surface area contributed by atoms with Crippen molar-refractivity contribution in [3.63, 3.8) is 0 Å². The van der Waals surface area contributed by atoms with Crippen LogP contribution in [0.2, 0.25) is 0 Å². The molecule has 0 aliphatic rings. The largest absolute Gasteiger partial charge is 0.477 e. The molecule has 0 aromatic heterocycles. The van der Waals surface area contributed by atoms with Crippen LogP contribution in [0, 0.1) is 10.1 Å². The van der Waals surface area contributed by atoms with Crippen molar-refractivity contribution in [1.82, 2.24) is 0 Å². The molecular weight excluding hydrogens is 442 g/mol. The van der Waals surface area contributed by atoms with E-state index in [0.717, 1.165) is 19.2 Å². The zero-order valence-electron chi connectivity index (χ0n) is 15.2. The molecule has 0 heterocycles. The van der Waals surface area contributed by atoms with Gasteiger partial charge in [0.05, 0.1) is 28.7 Å². The number of methoxy groups -OCH3 is 1. The van der Waals surface area contributed by atoms with Crippen LogP contribution in [-0.4, -0.2) is 29.1 Å². The number of nitrogens with zero attached hydrogens (tertiary/aromatic N) is 1. The number of carboxylic acid groups (broad SMARTS) is 1. The van der Waals surface area contributed by atoms with Crippen molar-refractivity contribution in [3.05, 3.63) is 68.8 Å². The van der Waals surface area contributed by atoms with Crippen LogP contribution >= 0.6 is 0 Å². The van der Waals surface area contributed by atoms with Gasteiger partial charge in [-0.25, -0.2) is 9.59 Å². The predicted octanol–water partition coefficient (Wildman–Crippen LogP) is 4.39. The molecule has 31 heavy (non-hydrogen) atoms. The van der Waals surface area contributed by atoms with Crippen molar-refractivity contribution >= 4 is 23.3 Å². The topological polar surface area (TPSA) is 133 Å². The summed E-state index contributed by atoms with van der Waals surface area (Å²) in [6.45, 7) is 0. The SMILES string of the molecule is COC(=O)c1ccc(C(F)(F)F)cc1N.O=C(O)c1ccc(C(F)(F)F)cc1[N+](=O)[O-]. The summed E-state index contributed by atoms with van der Waals surface area (Å²) in [5.41, 5.74) is 0.946. The number of carbonyl (C=O) groups is 2. The average Bonchev–Trinajstić information content (AvgIpc) is 2.65. The Morgan fingerprint density at radius 3 is 1.77 bits per heavy atom. The Labute approximate surface area is 169 Å². The zero-order chi connectivity index (χ0) is 24.1. The summed E-state index contributed by atoms with van der Waals surface area (Å²) in [6.07, 6.45) is -9.22. The highest BCUT2D eigenvalue weighted by Crippen LogP contribution is 2.33. The first-order valence-electron chi connectivity index (χ1n) is 7.73. The standard InChI is InChI=1S/C9H8F3NO2.C8H4F3NO4/c1-15-8(14)6-3-2-5(4-7(6)13)9(10,11)12;9-8(10,11)4-1-2-5(7(13)14)6(3-4)12(15)16/h2-4H,13H2,1H3;1-3H,(H,13,14). The van der Waals surface area contributed by atoms with Gasteiger partial charge in [-0.2, -0.15) is 26.3 Å². The quantitative estimate of drug-likeness (QED) is 0.231. The second kappa shape index (κ2) is 9.32. The molecule has 3 N–H and O–H groups in total. The van der Waals surface area contributed by atoms with Crippen molar-refractivity contribution in [1.29, 1.82) is 0 Å². The number of benzene rings is 2. The fraction of sp³-hybridized carbons (Fsp3) is 0.176. The Morgan fingerprint density at radius 1 is 0.968 bits per heavy atom. The van der Waals surface area contributed by atoms with E-state index >= 15 is 0 Å². The Morgan fingerprint density at radius 2 is 1.42 bits per heavy atom. The van der Waals surface area contributed by atoms with Crippen LogP contribution in [0.15, 0.2) is 36.4 Å². The highest BCUT2D eigenvalue weighted by atomic mass is 19.4. The third-order valence-corrected chi connectivity index (χ3v) is 3.54.